The normalized spacial score (nSPS) is 15.9. The monoisotopic (exact) mass is 126 g/mol. The highest BCUT2D eigenvalue weighted by atomic mass is 16.1. The Morgan fingerprint density at radius 2 is 2.67 bits per heavy atom. The Bertz CT molecular complexity index is 151. The van der Waals surface area contributed by atoms with Gasteiger partial charge in [0, 0.05) is 18.3 Å². The van der Waals surface area contributed by atoms with Gasteiger partial charge in [-0.3, -0.25) is 4.79 Å². The smallest absolute Gasteiger partial charge is 0.135 e. The van der Waals surface area contributed by atoms with Crippen LogP contribution in [0, 0.1) is 0 Å². The summed E-state index contributed by atoms with van der Waals surface area (Å²) in [6, 6.07) is 0. The minimum Gasteiger partial charge on any atom is -0.372 e. The second-order valence-electron chi connectivity index (χ2n) is 2.11. The first-order chi connectivity index (χ1) is 4.29. The fraction of sp³-hybridized carbons (Fsp3) is 0.500. The van der Waals surface area contributed by atoms with E-state index in [1.54, 1.807) is 6.92 Å². The molecule has 0 saturated heterocycles. The molecule has 9 heavy (non-hydrogen) atoms. The highest BCUT2D eigenvalue weighted by Gasteiger charge is 2.03. The minimum absolute atomic E-state index is 0.192. The van der Waals surface area contributed by atoms with Crippen LogP contribution in [0.1, 0.15) is 13.3 Å². The summed E-state index contributed by atoms with van der Waals surface area (Å²) >= 11 is 0. The molecule has 0 aromatic heterocycles. The van der Waals surface area contributed by atoms with Crippen molar-refractivity contribution in [1.82, 2.24) is 10.6 Å². The number of nitrogens with one attached hydrogen (secondary N) is 2. The fourth-order valence-electron chi connectivity index (χ4n) is 0.772. The Balaban J connectivity index is 2.35. The molecule has 0 atom stereocenters. The zero-order valence-corrected chi connectivity index (χ0v) is 5.40. The number of ketones is 1. The largest absolute Gasteiger partial charge is 0.372 e. The highest BCUT2D eigenvalue weighted by Crippen LogP contribution is 1.98. The molecule has 0 aliphatic carbocycles. The van der Waals surface area contributed by atoms with Gasteiger partial charge in [0.15, 0.2) is 0 Å². The molecule has 1 aliphatic heterocycles. The average Bonchev–Trinajstić information content (AvgIpc) is 2.15. The second kappa shape index (κ2) is 2.53. The maximum absolute atomic E-state index is 10.5. The second-order valence-corrected chi connectivity index (χ2v) is 2.11. The third kappa shape index (κ3) is 1.76. The Morgan fingerprint density at radius 1 is 1.89 bits per heavy atom. The molecular formula is C6H10N2O. The van der Waals surface area contributed by atoms with Crippen molar-refractivity contribution in [2.24, 2.45) is 0 Å². The topological polar surface area (TPSA) is 41.1 Å². The van der Waals surface area contributed by atoms with Crippen LogP contribution in [0.4, 0.5) is 0 Å². The van der Waals surface area contributed by atoms with Gasteiger partial charge >= 0.3 is 0 Å². The van der Waals surface area contributed by atoms with Crippen molar-refractivity contribution in [3.8, 4) is 0 Å². The summed E-state index contributed by atoms with van der Waals surface area (Å²) < 4.78 is 0. The third-order valence-corrected chi connectivity index (χ3v) is 1.13. The van der Waals surface area contributed by atoms with E-state index in [1.165, 1.54) is 0 Å². The standard InChI is InChI=1S/C6H10N2O/c1-5(9)2-6-3-7-4-8-6/h3,7-8H,2,4H2,1H3. The molecule has 50 valence electrons. The van der Waals surface area contributed by atoms with Crippen LogP contribution in [0.15, 0.2) is 11.9 Å². The van der Waals surface area contributed by atoms with Gasteiger partial charge < -0.3 is 10.6 Å². The van der Waals surface area contributed by atoms with E-state index in [1.807, 2.05) is 6.20 Å². The summed E-state index contributed by atoms with van der Waals surface area (Å²) in [5.74, 6) is 0.192. The molecular weight excluding hydrogens is 116 g/mol. The van der Waals surface area contributed by atoms with Crippen LogP contribution in [0.25, 0.3) is 0 Å². The lowest BCUT2D eigenvalue weighted by Gasteiger charge is -1.96. The van der Waals surface area contributed by atoms with E-state index in [2.05, 4.69) is 10.6 Å². The van der Waals surface area contributed by atoms with Gasteiger partial charge in [0.25, 0.3) is 0 Å². The molecule has 0 spiro atoms. The third-order valence-electron chi connectivity index (χ3n) is 1.13. The van der Waals surface area contributed by atoms with Gasteiger partial charge in [-0.05, 0) is 6.92 Å². The predicted molar refractivity (Wildman–Crippen MR) is 34.5 cm³/mol. The lowest BCUT2D eigenvalue weighted by molar-refractivity contribution is -0.116. The highest BCUT2D eigenvalue weighted by molar-refractivity contribution is 5.78. The summed E-state index contributed by atoms with van der Waals surface area (Å²) in [5, 5.41) is 5.97. The van der Waals surface area contributed by atoms with Gasteiger partial charge in [-0.25, -0.2) is 0 Å². The number of carbonyl (C=O) groups is 1. The molecule has 0 aromatic carbocycles. The van der Waals surface area contributed by atoms with E-state index in [4.69, 9.17) is 0 Å². The molecule has 1 aliphatic rings. The van der Waals surface area contributed by atoms with E-state index in [-0.39, 0.29) is 5.78 Å². The summed E-state index contributed by atoms with van der Waals surface area (Å²) in [6.07, 6.45) is 2.36. The summed E-state index contributed by atoms with van der Waals surface area (Å²) in [6.45, 7) is 2.34. The molecule has 0 bridgehead atoms. The van der Waals surface area contributed by atoms with Gasteiger partial charge in [-0.2, -0.15) is 0 Å². The van der Waals surface area contributed by atoms with Gasteiger partial charge in [-0.1, -0.05) is 0 Å². The number of hydrogen-bond donors (Lipinski definition) is 2. The molecule has 3 heteroatoms. The van der Waals surface area contributed by atoms with Crippen LogP contribution in [-0.4, -0.2) is 12.5 Å². The van der Waals surface area contributed by atoms with E-state index in [0.29, 0.717) is 6.42 Å². The zero-order valence-electron chi connectivity index (χ0n) is 5.40. The molecule has 0 unspecified atom stereocenters. The predicted octanol–water partition coefficient (Wildman–Crippen LogP) is -0.0428. The number of allylic oxidation sites excluding steroid dienone is 1. The number of rotatable bonds is 2. The van der Waals surface area contributed by atoms with Gasteiger partial charge in [-0.15, -0.1) is 0 Å². The molecule has 0 saturated carbocycles. The van der Waals surface area contributed by atoms with Gasteiger partial charge in [0.2, 0.25) is 0 Å². The molecule has 0 aromatic rings. The quantitative estimate of drug-likeness (QED) is 0.545. The van der Waals surface area contributed by atoms with Crippen molar-refractivity contribution < 1.29 is 4.79 Å². The van der Waals surface area contributed by atoms with E-state index in [9.17, 15) is 4.79 Å². The van der Waals surface area contributed by atoms with Gasteiger partial charge in [0.05, 0.1) is 6.67 Å². The molecule has 1 rings (SSSR count). The van der Waals surface area contributed by atoms with E-state index >= 15 is 0 Å². The lowest BCUT2D eigenvalue weighted by Crippen LogP contribution is -2.15. The van der Waals surface area contributed by atoms with Crippen molar-refractivity contribution >= 4 is 5.78 Å². The van der Waals surface area contributed by atoms with Crippen molar-refractivity contribution in [1.29, 1.82) is 0 Å². The Morgan fingerprint density at radius 3 is 3.11 bits per heavy atom. The first-order valence-corrected chi connectivity index (χ1v) is 2.95. The van der Waals surface area contributed by atoms with Crippen LogP contribution in [0.3, 0.4) is 0 Å². The molecule has 0 radical (unpaired) electrons. The lowest BCUT2D eigenvalue weighted by atomic mass is 10.2. The molecule has 1 heterocycles. The maximum Gasteiger partial charge on any atom is 0.135 e. The van der Waals surface area contributed by atoms with Crippen LogP contribution >= 0.6 is 0 Å². The molecule has 0 fully saturated rings. The SMILES string of the molecule is CC(=O)CC1=CNCN1. The van der Waals surface area contributed by atoms with Gasteiger partial charge in [0.1, 0.15) is 5.78 Å². The van der Waals surface area contributed by atoms with Crippen molar-refractivity contribution in [2.75, 3.05) is 6.67 Å². The van der Waals surface area contributed by atoms with Crippen LogP contribution in [0.5, 0.6) is 0 Å². The van der Waals surface area contributed by atoms with Crippen LogP contribution in [0.2, 0.25) is 0 Å². The van der Waals surface area contributed by atoms with Crippen LogP contribution in [-0.2, 0) is 4.79 Å². The first-order valence-electron chi connectivity index (χ1n) is 2.95. The number of carbonyl (C=O) groups excluding carboxylic acids is 1. The Labute approximate surface area is 54.1 Å². The summed E-state index contributed by atoms with van der Waals surface area (Å²) in [7, 11) is 0. The number of hydrogen-bond acceptors (Lipinski definition) is 3. The Hall–Kier alpha value is -0.990. The molecule has 0 amide bonds. The maximum atomic E-state index is 10.5. The molecule has 3 nitrogen and oxygen atoms in total. The van der Waals surface area contributed by atoms with Crippen molar-refractivity contribution in [3.05, 3.63) is 11.9 Å². The Kier molecular flexibility index (Phi) is 1.72. The van der Waals surface area contributed by atoms with Crippen LogP contribution < -0.4 is 10.6 Å². The summed E-state index contributed by atoms with van der Waals surface area (Å²) in [5.41, 5.74) is 0.988. The fourth-order valence-corrected chi connectivity index (χ4v) is 0.772. The molecule has 2 N–H and O–H groups in total. The zero-order chi connectivity index (χ0) is 6.69. The first kappa shape index (κ1) is 6.13. The van der Waals surface area contributed by atoms with Crippen molar-refractivity contribution in [2.45, 2.75) is 13.3 Å². The van der Waals surface area contributed by atoms with E-state index in [0.717, 1.165) is 12.4 Å². The average molecular weight is 126 g/mol. The van der Waals surface area contributed by atoms with Crippen molar-refractivity contribution in [3.63, 3.8) is 0 Å². The summed E-state index contributed by atoms with van der Waals surface area (Å²) in [4.78, 5) is 10.5. The minimum atomic E-state index is 0.192. The number of Topliss-reactive ketones (excluding diaryl/α,β-unsaturated/α-hetero) is 1. The van der Waals surface area contributed by atoms with E-state index < -0.39 is 0 Å².